The summed E-state index contributed by atoms with van der Waals surface area (Å²) in [6.07, 6.45) is 0. The van der Waals surface area contributed by atoms with Gasteiger partial charge in [0.2, 0.25) is 0 Å². The van der Waals surface area contributed by atoms with Crippen LogP contribution in [0.3, 0.4) is 0 Å². The van der Waals surface area contributed by atoms with Crippen LogP contribution < -0.4 is 4.74 Å². The molecule has 4 aromatic rings. The van der Waals surface area contributed by atoms with E-state index < -0.39 is 0 Å². The van der Waals surface area contributed by atoms with E-state index >= 15 is 0 Å². The first-order valence-corrected chi connectivity index (χ1v) is 8.14. The zero-order valence-corrected chi connectivity index (χ0v) is 13.6. The molecule has 2 nitrogen and oxygen atoms in total. The van der Waals surface area contributed by atoms with Gasteiger partial charge in [-0.1, -0.05) is 42.0 Å². The number of benzene rings is 3. The first-order chi connectivity index (χ1) is 11.8. The topological polar surface area (TPSA) is 25.0 Å². The van der Waals surface area contributed by atoms with Crippen LogP contribution in [0.2, 0.25) is 0 Å². The molecular weight excluding hydrogens is 294 g/mol. The van der Waals surface area contributed by atoms with Gasteiger partial charge in [0.15, 0.2) is 0 Å². The van der Waals surface area contributed by atoms with E-state index in [4.69, 9.17) is 4.74 Å². The maximum absolute atomic E-state index is 5.85. The predicted octanol–water partition coefficient (Wildman–Crippen LogP) is 5.72. The molecule has 1 heterocycles. The molecule has 0 bridgehead atoms. The summed E-state index contributed by atoms with van der Waals surface area (Å²) in [6.45, 7) is 2.71. The lowest BCUT2D eigenvalue weighted by atomic mass is 10.1. The number of aromatic nitrogens is 1. The minimum atomic E-state index is 0.589. The van der Waals surface area contributed by atoms with E-state index in [0.29, 0.717) is 6.61 Å². The van der Waals surface area contributed by atoms with E-state index in [1.54, 1.807) is 0 Å². The molecule has 2 heteroatoms. The largest absolute Gasteiger partial charge is 0.489 e. The Morgan fingerprint density at radius 2 is 1.62 bits per heavy atom. The van der Waals surface area contributed by atoms with Crippen molar-refractivity contribution in [1.29, 1.82) is 0 Å². The van der Waals surface area contributed by atoms with Gasteiger partial charge in [-0.3, -0.25) is 0 Å². The third-order valence-corrected chi connectivity index (χ3v) is 4.19. The molecule has 0 aliphatic rings. The van der Waals surface area contributed by atoms with Crippen LogP contribution in [0.5, 0.6) is 5.75 Å². The van der Waals surface area contributed by atoms with Crippen LogP contribution in [-0.2, 0) is 6.61 Å². The molecule has 0 unspecified atom stereocenters. The molecule has 0 aliphatic carbocycles. The standard InChI is InChI=1S/C22H19NO/c1-16-7-12-21-19(13-16)14-22(23-21)18-8-10-20(11-9-18)24-15-17-5-3-2-4-6-17/h2-14,23H,15H2,1H3. The summed E-state index contributed by atoms with van der Waals surface area (Å²) >= 11 is 0. The van der Waals surface area contributed by atoms with Gasteiger partial charge in [0.1, 0.15) is 12.4 Å². The van der Waals surface area contributed by atoms with E-state index in [-0.39, 0.29) is 0 Å². The fourth-order valence-electron chi connectivity index (χ4n) is 2.88. The highest BCUT2D eigenvalue weighted by Gasteiger charge is 2.04. The summed E-state index contributed by atoms with van der Waals surface area (Å²) in [6, 6.07) is 27.1. The molecule has 0 saturated heterocycles. The average Bonchev–Trinajstić information content (AvgIpc) is 3.04. The van der Waals surface area contributed by atoms with E-state index in [9.17, 15) is 0 Å². The molecule has 3 aromatic carbocycles. The quantitative estimate of drug-likeness (QED) is 0.512. The minimum absolute atomic E-state index is 0.589. The Kier molecular flexibility index (Phi) is 3.80. The van der Waals surface area contributed by atoms with Crippen molar-refractivity contribution in [3.05, 3.63) is 90.0 Å². The maximum Gasteiger partial charge on any atom is 0.119 e. The van der Waals surface area contributed by atoms with Gasteiger partial charge >= 0.3 is 0 Å². The van der Waals surface area contributed by atoms with E-state index in [2.05, 4.69) is 60.4 Å². The first-order valence-electron chi connectivity index (χ1n) is 8.14. The van der Waals surface area contributed by atoms with Crippen molar-refractivity contribution in [1.82, 2.24) is 4.98 Å². The number of aryl methyl sites for hydroxylation is 1. The molecule has 0 aliphatic heterocycles. The number of hydrogen-bond acceptors (Lipinski definition) is 1. The smallest absolute Gasteiger partial charge is 0.119 e. The highest BCUT2D eigenvalue weighted by Crippen LogP contribution is 2.26. The summed E-state index contributed by atoms with van der Waals surface area (Å²) in [5.41, 5.74) is 5.91. The summed E-state index contributed by atoms with van der Waals surface area (Å²) in [7, 11) is 0. The van der Waals surface area contributed by atoms with Crippen LogP contribution in [0.4, 0.5) is 0 Å². The van der Waals surface area contributed by atoms with E-state index in [0.717, 1.165) is 17.0 Å². The molecule has 1 N–H and O–H groups in total. The van der Waals surface area contributed by atoms with Crippen LogP contribution in [-0.4, -0.2) is 4.98 Å². The summed E-state index contributed by atoms with van der Waals surface area (Å²) in [5, 5.41) is 1.24. The minimum Gasteiger partial charge on any atom is -0.489 e. The number of rotatable bonds is 4. The van der Waals surface area contributed by atoms with Gasteiger partial charge in [-0.25, -0.2) is 0 Å². The van der Waals surface area contributed by atoms with Gasteiger partial charge in [0, 0.05) is 16.6 Å². The highest BCUT2D eigenvalue weighted by molar-refractivity contribution is 5.86. The SMILES string of the molecule is Cc1ccc2[nH]c(-c3ccc(OCc4ccccc4)cc3)cc2c1. The zero-order chi connectivity index (χ0) is 16.4. The second kappa shape index (κ2) is 6.25. The molecule has 0 saturated carbocycles. The Balaban J connectivity index is 1.52. The molecule has 0 amide bonds. The van der Waals surface area contributed by atoms with Crippen molar-refractivity contribution in [2.75, 3.05) is 0 Å². The Hall–Kier alpha value is -3.00. The second-order valence-corrected chi connectivity index (χ2v) is 6.07. The molecule has 0 radical (unpaired) electrons. The lowest BCUT2D eigenvalue weighted by Crippen LogP contribution is -1.94. The molecule has 24 heavy (non-hydrogen) atoms. The third-order valence-electron chi connectivity index (χ3n) is 4.19. The molecule has 118 valence electrons. The van der Waals surface area contributed by atoms with Crippen molar-refractivity contribution in [2.45, 2.75) is 13.5 Å². The zero-order valence-electron chi connectivity index (χ0n) is 13.6. The molecule has 4 rings (SSSR count). The summed E-state index contributed by atoms with van der Waals surface area (Å²) in [4.78, 5) is 3.48. The van der Waals surface area contributed by atoms with Gasteiger partial charge in [-0.2, -0.15) is 0 Å². The van der Waals surface area contributed by atoms with Crippen LogP contribution in [0.1, 0.15) is 11.1 Å². The Bertz CT molecular complexity index is 952. The Morgan fingerprint density at radius 1 is 0.833 bits per heavy atom. The first kappa shape index (κ1) is 14.6. The number of aromatic amines is 1. The molecular formula is C22H19NO. The lowest BCUT2D eigenvalue weighted by Gasteiger charge is -2.07. The van der Waals surface area contributed by atoms with Crippen molar-refractivity contribution in [3.63, 3.8) is 0 Å². The molecule has 0 spiro atoms. The number of nitrogens with one attached hydrogen (secondary N) is 1. The van der Waals surface area contributed by atoms with E-state index in [1.807, 2.05) is 30.3 Å². The molecule has 1 aromatic heterocycles. The fraction of sp³-hybridized carbons (Fsp3) is 0.0909. The Labute approximate surface area is 141 Å². The summed E-state index contributed by atoms with van der Waals surface area (Å²) < 4.78 is 5.85. The van der Waals surface area contributed by atoms with Crippen LogP contribution in [0.25, 0.3) is 22.2 Å². The number of fused-ring (bicyclic) bond motifs is 1. The van der Waals surface area contributed by atoms with Gasteiger partial charge in [0.05, 0.1) is 0 Å². The highest BCUT2D eigenvalue weighted by atomic mass is 16.5. The maximum atomic E-state index is 5.85. The van der Waals surface area contributed by atoms with Crippen LogP contribution in [0.15, 0.2) is 78.9 Å². The second-order valence-electron chi connectivity index (χ2n) is 6.07. The van der Waals surface area contributed by atoms with Crippen LogP contribution >= 0.6 is 0 Å². The summed E-state index contributed by atoms with van der Waals surface area (Å²) in [5.74, 6) is 0.884. The Morgan fingerprint density at radius 3 is 2.42 bits per heavy atom. The van der Waals surface area contributed by atoms with Crippen molar-refractivity contribution in [3.8, 4) is 17.0 Å². The van der Waals surface area contributed by atoms with Crippen LogP contribution in [0, 0.1) is 6.92 Å². The number of hydrogen-bond donors (Lipinski definition) is 1. The number of H-pyrrole nitrogens is 1. The monoisotopic (exact) mass is 313 g/mol. The fourth-order valence-corrected chi connectivity index (χ4v) is 2.88. The van der Waals surface area contributed by atoms with Gasteiger partial charge in [-0.15, -0.1) is 0 Å². The van der Waals surface area contributed by atoms with Gasteiger partial charge in [0.25, 0.3) is 0 Å². The lowest BCUT2D eigenvalue weighted by molar-refractivity contribution is 0.306. The molecule has 0 fully saturated rings. The molecule has 0 atom stereocenters. The third kappa shape index (κ3) is 3.04. The van der Waals surface area contributed by atoms with Crippen molar-refractivity contribution in [2.24, 2.45) is 0 Å². The number of ether oxygens (including phenoxy) is 1. The van der Waals surface area contributed by atoms with E-state index in [1.165, 1.54) is 22.0 Å². The average molecular weight is 313 g/mol. The van der Waals surface area contributed by atoms with Crippen molar-refractivity contribution >= 4 is 10.9 Å². The van der Waals surface area contributed by atoms with Gasteiger partial charge in [-0.05, 0) is 60.5 Å². The normalized spacial score (nSPS) is 10.9. The predicted molar refractivity (Wildman–Crippen MR) is 99.2 cm³/mol. The van der Waals surface area contributed by atoms with Crippen molar-refractivity contribution < 1.29 is 4.74 Å². The van der Waals surface area contributed by atoms with Gasteiger partial charge < -0.3 is 9.72 Å².